The number of carbonyl (C=O) groups is 1. The maximum Gasteiger partial charge on any atom is 0.363 e. The maximum absolute atomic E-state index is 12.2. The molecule has 27 heavy (non-hydrogen) atoms. The Morgan fingerprint density at radius 3 is 2.56 bits per heavy atom. The number of rotatable bonds is 5. The molecule has 138 valence electrons. The van der Waals surface area contributed by atoms with Gasteiger partial charge in [-0.1, -0.05) is 12.1 Å². The topological polar surface area (TPSA) is 100 Å². The van der Waals surface area contributed by atoms with E-state index in [9.17, 15) is 14.9 Å². The first kappa shape index (κ1) is 18.1. The molecule has 3 rings (SSSR count). The van der Waals surface area contributed by atoms with Crippen LogP contribution in [-0.4, -0.2) is 31.0 Å². The fraction of sp³-hybridized carbons (Fsp3) is 0.158. The Balaban J connectivity index is 1.99. The number of cyclic esters (lactones) is 1. The quantitative estimate of drug-likeness (QED) is 0.347. The second-order valence-corrected chi connectivity index (χ2v) is 5.66. The van der Waals surface area contributed by atoms with Crippen LogP contribution in [0.5, 0.6) is 11.5 Å². The van der Waals surface area contributed by atoms with Crippen molar-refractivity contribution in [2.75, 3.05) is 14.2 Å². The minimum atomic E-state index is -0.634. The van der Waals surface area contributed by atoms with Crippen LogP contribution in [0.25, 0.3) is 6.08 Å². The highest BCUT2D eigenvalue weighted by Gasteiger charge is 2.27. The predicted octanol–water partition coefficient (Wildman–Crippen LogP) is 3.26. The first-order chi connectivity index (χ1) is 12.9. The lowest BCUT2D eigenvalue weighted by molar-refractivity contribution is -0.385. The van der Waals surface area contributed by atoms with E-state index < -0.39 is 10.9 Å². The highest BCUT2D eigenvalue weighted by Crippen LogP contribution is 2.30. The molecule has 0 amide bonds. The molecule has 0 aromatic heterocycles. The number of carbonyl (C=O) groups excluding carboxylic acids is 1. The van der Waals surface area contributed by atoms with Gasteiger partial charge < -0.3 is 14.2 Å². The monoisotopic (exact) mass is 368 g/mol. The number of methoxy groups -OCH3 is 2. The Labute approximate surface area is 154 Å². The van der Waals surface area contributed by atoms with Gasteiger partial charge in [0, 0.05) is 17.2 Å². The fourth-order valence-corrected chi connectivity index (χ4v) is 2.68. The summed E-state index contributed by atoms with van der Waals surface area (Å²) in [5, 5.41) is 11.1. The molecule has 0 radical (unpaired) electrons. The van der Waals surface area contributed by atoms with Gasteiger partial charge in [-0.25, -0.2) is 9.79 Å². The van der Waals surface area contributed by atoms with E-state index in [0.717, 1.165) is 0 Å². The summed E-state index contributed by atoms with van der Waals surface area (Å²) < 4.78 is 15.6. The van der Waals surface area contributed by atoms with Crippen LogP contribution in [0.4, 0.5) is 5.69 Å². The van der Waals surface area contributed by atoms with Crippen LogP contribution >= 0.6 is 0 Å². The largest absolute Gasteiger partial charge is 0.493 e. The Bertz CT molecular complexity index is 994. The second kappa shape index (κ2) is 7.28. The molecule has 1 aliphatic rings. The number of benzene rings is 2. The molecule has 0 atom stereocenters. The first-order valence-electron chi connectivity index (χ1n) is 7.93. The number of nitro groups is 1. The summed E-state index contributed by atoms with van der Waals surface area (Å²) in [6.07, 6.45) is 1.55. The van der Waals surface area contributed by atoms with Crippen molar-refractivity contribution >= 4 is 23.6 Å². The summed E-state index contributed by atoms with van der Waals surface area (Å²) in [7, 11) is 3.04. The highest BCUT2D eigenvalue weighted by molar-refractivity contribution is 6.13. The molecule has 0 bridgehead atoms. The van der Waals surface area contributed by atoms with E-state index in [2.05, 4.69) is 4.99 Å². The highest BCUT2D eigenvalue weighted by atomic mass is 16.6. The number of nitrogens with zero attached hydrogens (tertiary/aromatic N) is 2. The maximum atomic E-state index is 12.2. The molecule has 0 spiro atoms. The molecular formula is C19H16N2O6. The van der Waals surface area contributed by atoms with E-state index in [1.54, 1.807) is 37.3 Å². The van der Waals surface area contributed by atoms with E-state index in [1.165, 1.54) is 26.4 Å². The SMILES string of the molecule is COc1ccc(C=C2N=C(c3cccc([N+](=O)[O-])c3C)OC2=O)cc1OC. The second-order valence-electron chi connectivity index (χ2n) is 5.66. The average Bonchev–Trinajstić information content (AvgIpc) is 3.01. The average molecular weight is 368 g/mol. The third kappa shape index (κ3) is 3.50. The summed E-state index contributed by atoms with van der Waals surface area (Å²) in [6.45, 7) is 1.58. The van der Waals surface area contributed by atoms with Crippen molar-refractivity contribution in [2.24, 2.45) is 4.99 Å². The van der Waals surface area contributed by atoms with Gasteiger partial charge in [0.25, 0.3) is 5.69 Å². The van der Waals surface area contributed by atoms with Crippen LogP contribution < -0.4 is 9.47 Å². The number of aliphatic imine (C=N–C) groups is 1. The van der Waals surface area contributed by atoms with E-state index in [4.69, 9.17) is 14.2 Å². The number of ether oxygens (including phenoxy) is 3. The molecule has 0 saturated heterocycles. The van der Waals surface area contributed by atoms with Gasteiger partial charge in [0.05, 0.1) is 19.1 Å². The van der Waals surface area contributed by atoms with Gasteiger partial charge in [0.15, 0.2) is 17.2 Å². The number of nitro benzene ring substituents is 1. The van der Waals surface area contributed by atoms with Gasteiger partial charge in [-0.05, 0) is 36.8 Å². The number of hydrogen-bond acceptors (Lipinski definition) is 7. The summed E-state index contributed by atoms with van der Waals surface area (Å²) in [6, 6.07) is 9.68. The van der Waals surface area contributed by atoms with Gasteiger partial charge in [0.1, 0.15) is 0 Å². The molecule has 8 heteroatoms. The lowest BCUT2D eigenvalue weighted by Gasteiger charge is -2.07. The smallest absolute Gasteiger partial charge is 0.363 e. The van der Waals surface area contributed by atoms with Crippen molar-refractivity contribution in [2.45, 2.75) is 6.92 Å². The molecule has 1 aliphatic heterocycles. The summed E-state index contributed by atoms with van der Waals surface area (Å²) in [5.74, 6) is 0.473. The standard InChI is InChI=1S/C19H16N2O6/c1-11-13(5-4-6-15(11)21(23)24)18-20-14(19(22)27-18)9-12-7-8-16(25-2)17(10-12)26-3/h4-10H,1-3H3. The third-order valence-electron chi connectivity index (χ3n) is 4.06. The first-order valence-corrected chi connectivity index (χ1v) is 7.93. The molecule has 0 fully saturated rings. The normalized spacial score (nSPS) is 14.7. The molecule has 0 unspecified atom stereocenters. The van der Waals surface area contributed by atoms with E-state index in [0.29, 0.717) is 28.2 Å². The summed E-state index contributed by atoms with van der Waals surface area (Å²) in [5.41, 5.74) is 1.46. The Hall–Kier alpha value is -3.68. The van der Waals surface area contributed by atoms with Crippen molar-refractivity contribution in [3.8, 4) is 11.5 Å². The number of esters is 1. The number of hydrogen-bond donors (Lipinski definition) is 0. The third-order valence-corrected chi connectivity index (χ3v) is 4.06. The zero-order valence-corrected chi connectivity index (χ0v) is 14.9. The van der Waals surface area contributed by atoms with Crippen molar-refractivity contribution in [3.05, 3.63) is 68.9 Å². The van der Waals surface area contributed by atoms with Crippen LogP contribution in [-0.2, 0) is 9.53 Å². The molecule has 2 aromatic carbocycles. The lowest BCUT2D eigenvalue weighted by atomic mass is 10.1. The fourth-order valence-electron chi connectivity index (χ4n) is 2.68. The molecule has 1 heterocycles. The van der Waals surface area contributed by atoms with Crippen LogP contribution in [0.2, 0.25) is 0 Å². The molecule has 0 N–H and O–H groups in total. The minimum absolute atomic E-state index is 0.0351. The Morgan fingerprint density at radius 1 is 1.15 bits per heavy atom. The molecule has 0 aliphatic carbocycles. The van der Waals surface area contributed by atoms with Crippen LogP contribution in [0.15, 0.2) is 47.1 Å². The van der Waals surface area contributed by atoms with Gasteiger partial charge in [-0.3, -0.25) is 10.1 Å². The van der Waals surface area contributed by atoms with Crippen molar-refractivity contribution in [1.82, 2.24) is 0 Å². The van der Waals surface area contributed by atoms with Gasteiger partial charge in [-0.2, -0.15) is 0 Å². The van der Waals surface area contributed by atoms with Crippen LogP contribution in [0, 0.1) is 17.0 Å². The van der Waals surface area contributed by atoms with Gasteiger partial charge in [-0.15, -0.1) is 0 Å². The zero-order valence-electron chi connectivity index (χ0n) is 14.9. The Morgan fingerprint density at radius 2 is 1.89 bits per heavy atom. The Kier molecular flexibility index (Phi) is 4.89. The van der Waals surface area contributed by atoms with Crippen LogP contribution in [0.3, 0.4) is 0 Å². The van der Waals surface area contributed by atoms with Crippen molar-refractivity contribution in [3.63, 3.8) is 0 Å². The van der Waals surface area contributed by atoms with E-state index >= 15 is 0 Å². The van der Waals surface area contributed by atoms with Gasteiger partial charge >= 0.3 is 5.97 Å². The van der Waals surface area contributed by atoms with Crippen LogP contribution in [0.1, 0.15) is 16.7 Å². The summed E-state index contributed by atoms with van der Waals surface area (Å²) in [4.78, 5) is 27.0. The molecule has 0 saturated carbocycles. The van der Waals surface area contributed by atoms with Crippen molar-refractivity contribution in [1.29, 1.82) is 0 Å². The lowest BCUT2D eigenvalue weighted by Crippen LogP contribution is -2.08. The minimum Gasteiger partial charge on any atom is -0.493 e. The van der Waals surface area contributed by atoms with E-state index in [1.807, 2.05) is 0 Å². The molecular weight excluding hydrogens is 352 g/mol. The molecule has 2 aromatic rings. The van der Waals surface area contributed by atoms with E-state index in [-0.39, 0.29) is 17.3 Å². The predicted molar refractivity (Wildman–Crippen MR) is 98.0 cm³/mol. The summed E-state index contributed by atoms with van der Waals surface area (Å²) >= 11 is 0. The van der Waals surface area contributed by atoms with Gasteiger partial charge in [0.2, 0.25) is 5.90 Å². The van der Waals surface area contributed by atoms with Crippen molar-refractivity contribution < 1.29 is 23.9 Å². The molecule has 8 nitrogen and oxygen atoms in total. The zero-order chi connectivity index (χ0) is 19.6.